The average Bonchev–Trinajstić information content (AvgIpc) is 2.31. The van der Waals surface area contributed by atoms with Gasteiger partial charge < -0.3 is 5.11 Å². The number of hydrogen-bond acceptors (Lipinski definition) is 1. The van der Waals surface area contributed by atoms with Crippen LogP contribution in [0.5, 0.6) is 0 Å². The summed E-state index contributed by atoms with van der Waals surface area (Å²) in [4.78, 5) is 10.1. The van der Waals surface area contributed by atoms with E-state index in [0.717, 1.165) is 0 Å². The van der Waals surface area contributed by atoms with E-state index in [1.807, 2.05) is 0 Å². The zero-order valence-corrected chi connectivity index (χ0v) is 10.5. The van der Waals surface area contributed by atoms with Gasteiger partial charge in [0.2, 0.25) is 0 Å². The van der Waals surface area contributed by atoms with Gasteiger partial charge in [0.1, 0.15) is 0 Å². The van der Waals surface area contributed by atoms with E-state index < -0.39 is 47.7 Å². The van der Waals surface area contributed by atoms with Crippen LogP contribution >= 0.6 is 0 Å². The molecule has 0 radical (unpaired) electrons. The fourth-order valence-electron chi connectivity index (χ4n) is 1.42. The Morgan fingerprint density at radius 3 is 0.960 bits per heavy atom. The first-order chi connectivity index (χ1) is 10.4. The van der Waals surface area contributed by atoms with Crippen LogP contribution in [0.4, 0.5) is 65.9 Å². The standard InChI is InChI=1S/C8HF15O2/c9-2(1(24)25,5(13,14)8(21,22)23)4(11,12)3(10,6(15,16)17)7(18,19)20/h(H,24,25). The summed E-state index contributed by atoms with van der Waals surface area (Å²) in [5.74, 6) is -21.4. The summed E-state index contributed by atoms with van der Waals surface area (Å²) in [5, 5.41) is 7.83. The van der Waals surface area contributed by atoms with Crippen molar-refractivity contribution in [3.8, 4) is 0 Å². The maximum absolute atomic E-state index is 13.5. The van der Waals surface area contributed by atoms with E-state index >= 15 is 0 Å². The van der Waals surface area contributed by atoms with Gasteiger partial charge in [-0.2, -0.15) is 57.1 Å². The maximum atomic E-state index is 13.5. The van der Waals surface area contributed by atoms with Crippen LogP contribution in [0, 0.1) is 0 Å². The molecule has 0 fully saturated rings. The highest BCUT2D eigenvalue weighted by atomic mass is 19.4. The van der Waals surface area contributed by atoms with Crippen LogP contribution < -0.4 is 0 Å². The third-order valence-electron chi connectivity index (χ3n) is 2.73. The molecule has 150 valence electrons. The van der Waals surface area contributed by atoms with Crippen molar-refractivity contribution < 1.29 is 75.8 Å². The van der Waals surface area contributed by atoms with Crippen molar-refractivity contribution in [3.05, 3.63) is 0 Å². The molecule has 17 heteroatoms. The van der Waals surface area contributed by atoms with Gasteiger partial charge in [0.15, 0.2) is 0 Å². The first-order valence-electron chi connectivity index (χ1n) is 5.01. The number of carboxylic acids is 1. The molecule has 0 saturated heterocycles. The Balaban J connectivity index is 7.13. The first-order valence-corrected chi connectivity index (χ1v) is 5.01. The number of alkyl halides is 15. The molecule has 0 bridgehead atoms. The molecular formula is C8HF15O2. The minimum Gasteiger partial charge on any atom is -0.479 e. The van der Waals surface area contributed by atoms with E-state index in [1.165, 1.54) is 0 Å². The molecule has 2 nitrogen and oxygen atoms in total. The van der Waals surface area contributed by atoms with Gasteiger partial charge in [0.05, 0.1) is 0 Å². The minimum atomic E-state index is -8.51. The fraction of sp³-hybridized carbons (Fsp3) is 0.875. The molecule has 0 aromatic carbocycles. The number of aliphatic carboxylic acids is 1. The number of carboxylic acid groups (broad SMARTS) is 1. The van der Waals surface area contributed by atoms with Gasteiger partial charge in [-0.1, -0.05) is 0 Å². The summed E-state index contributed by atoms with van der Waals surface area (Å²) in [7, 11) is 0. The van der Waals surface area contributed by atoms with E-state index in [1.54, 1.807) is 0 Å². The molecule has 0 rings (SSSR count). The van der Waals surface area contributed by atoms with Crippen LogP contribution in [0.3, 0.4) is 0 Å². The van der Waals surface area contributed by atoms with Gasteiger partial charge in [-0.05, 0) is 0 Å². The highest BCUT2D eigenvalue weighted by molar-refractivity contribution is 5.81. The number of carbonyl (C=O) groups is 1. The van der Waals surface area contributed by atoms with E-state index in [2.05, 4.69) is 0 Å². The summed E-state index contributed by atoms with van der Waals surface area (Å²) < 4.78 is 187. The molecule has 0 spiro atoms. The van der Waals surface area contributed by atoms with Gasteiger partial charge in [-0.3, -0.25) is 0 Å². The van der Waals surface area contributed by atoms with Crippen molar-refractivity contribution in [2.75, 3.05) is 0 Å². The Kier molecular flexibility index (Phi) is 5.11. The molecule has 0 aromatic rings. The molecule has 0 heterocycles. The zero-order chi connectivity index (χ0) is 21.1. The van der Waals surface area contributed by atoms with Gasteiger partial charge in [0, 0.05) is 0 Å². The Morgan fingerprint density at radius 2 is 0.800 bits per heavy atom. The van der Waals surface area contributed by atoms with Gasteiger partial charge in [-0.25, -0.2) is 13.6 Å². The maximum Gasteiger partial charge on any atom is 0.457 e. The molecule has 1 N–H and O–H groups in total. The summed E-state index contributed by atoms with van der Waals surface area (Å²) >= 11 is 0. The lowest BCUT2D eigenvalue weighted by molar-refractivity contribution is -0.437. The predicted octanol–water partition coefficient (Wildman–Crippen LogP) is 4.45. The van der Waals surface area contributed by atoms with Gasteiger partial charge in [-0.15, -0.1) is 0 Å². The Hall–Kier alpha value is -1.58. The third kappa shape index (κ3) is 2.74. The molecule has 0 aliphatic rings. The highest BCUT2D eigenvalue weighted by Crippen LogP contribution is 2.63. The highest BCUT2D eigenvalue weighted by Gasteiger charge is 2.97. The van der Waals surface area contributed by atoms with Crippen LogP contribution in [0.2, 0.25) is 0 Å². The number of hydrogen-bond donors (Lipinski definition) is 1. The van der Waals surface area contributed by atoms with Gasteiger partial charge in [0.25, 0.3) is 0 Å². The fourth-order valence-corrected chi connectivity index (χ4v) is 1.42. The van der Waals surface area contributed by atoms with Crippen LogP contribution in [0.1, 0.15) is 0 Å². The molecule has 0 amide bonds. The number of halogens is 15. The summed E-state index contributed by atoms with van der Waals surface area (Å²) in [6.45, 7) is 0. The second kappa shape index (κ2) is 5.46. The molecule has 0 aliphatic carbocycles. The zero-order valence-electron chi connectivity index (χ0n) is 10.5. The summed E-state index contributed by atoms with van der Waals surface area (Å²) in [5.41, 5.74) is -16.4. The van der Waals surface area contributed by atoms with E-state index in [4.69, 9.17) is 5.11 Å². The monoisotopic (exact) mass is 414 g/mol. The molecule has 0 aromatic heterocycles. The molecular weight excluding hydrogens is 413 g/mol. The van der Waals surface area contributed by atoms with Crippen LogP contribution in [0.25, 0.3) is 0 Å². The second-order valence-electron chi connectivity index (χ2n) is 4.26. The van der Waals surface area contributed by atoms with Gasteiger partial charge >= 0.3 is 47.7 Å². The van der Waals surface area contributed by atoms with E-state index in [9.17, 15) is 70.7 Å². The largest absolute Gasteiger partial charge is 0.479 e. The predicted molar refractivity (Wildman–Crippen MR) is 43.4 cm³/mol. The van der Waals surface area contributed by atoms with Crippen molar-refractivity contribution in [2.45, 2.75) is 41.7 Å². The quantitative estimate of drug-likeness (QED) is 0.691. The lowest BCUT2D eigenvalue weighted by atomic mass is 9.79. The van der Waals surface area contributed by atoms with Crippen molar-refractivity contribution >= 4 is 5.97 Å². The van der Waals surface area contributed by atoms with E-state index in [-0.39, 0.29) is 0 Å². The Bertz CT molecular complexity index is 511. The summed E-state index contributed by atoms with van der Waals surface area (Å²) in [6.07, 6.45) is -23.8. The smallest absolute Gasteiger partial charge is 0.457 e. The lowest BCUT2D eigenvalue weighted by Crippen LogP contribution is -2.78. The van der Waals surface area contributed by atoms with Crippen molar-refractivity contribution in [2.24, 2.45) is 0 Å². The average molecular weight is 414 g/mol. The SMILES string of the molecule is O=C(O)C(F)(C(F)(F)C(F)(F)F)C(F)(F)C(F)(C(F)(F)F)C(F)(F)F. The Morgan fingerprint density at radius 1 is 0.520 bits per heavy atom. The topological polar surface area (TPSA) is 37.3 Å². The van der Waals surface area contributed by atoms with Crippen LogP contribution in [-0.2, 0) is 4.79 Å². The van der Waals surface area contributed by atoms with Crippen LogP contribution in [-0.4, -0.2) is 52.8 Å². The van der Waals surface area contributed by atoms with Crippen molar-refractivity contribution in [1.82, 2.24) is 0 Å². The van der Waals surface area contributed by atoms with Crippen molar-refractivity contribution in [1.29, 1.82) is 0 Å². The molecule has 0 saturated carbocycles. The second-order valence-corrected chi connectivity index (χ2v) is 4.26. The molecule has 25 heavy (non-hydrogen) atoms. The minimum absolute atomic E-state index is 4.82. The lowest BCUT2D eigenvalue weighted by Gasteiger charge is -2.43. The first kappa shape index (κ1) is 23.4. The Labute approximate surface area is 125 Å². The van der Waals surface area contributed by atoms with Crippen LogP contribution in [0.15, 0.2) is 0 Å². The number of rotatable bonds is 4. The molecule has 0 aliphatic heterocycles. The molecule has 1 atom stereocenters. The molecule has 1 unspecified atom stereocenters. The van der Waals surface area contributed by atoms with Crippen molar-refractivity contribution in [3.63, 3.8) is 0 Å². The summed E-state index contributed by atoms with van der Waals surface area (Å²) in [6, 6.07) is 0. The van der Waals surface area contributed by atoms with E-state index in [0.29, 0.717) is 0 Å². The normalized spacial score (nSPS) is 18.0. The third-order valence-corrected chi connectivity index (χ3v) is 2.73.